The smallest absolute Gasteiger partial charge is 0.317 e. The highest BCUT2D eigenvalue weighted by atomic mass is 16.5. The van der Waals surface area contributed by atoms with Gasteiger partial charge in [0.2, 0.25) is 0 Å². The first kappa shape index (κ1) is 19.1. The molecule has 6 heteroatoms. The molecule has 0 saturated carbocycles. The van der Waals surface area contributed by atoms with E-state index in [4.69, 9.17) is 14.4 Å². The van der Waals surface area contributed by atoms with Gasteiger partial charge in [0.1, 0.15) is 11.7 Å². The summed E-state index contributed by atoms with van der Waals surface area (Å²) in [6.07, 6.45) is 1.29. The maximum absolute atomic E-state index is 12.5. The number of ether oxygens (including phenoxy) is 1. The molecule has 1 heterocycles. The van der Waals surface area contributed by atoms with Crippen molar-refractivity contribution in [1.29, 1.82) is 5.26 Å². The Labute approximate surface area is 151 Å². The van der Waals surface area contributed by atoms with Crippen molar-refractivity contribution < 1.29 is 23.5 Å². The van der Waals surface area contributed by atoms with Crippen molar-refractivity contribution in [3.63, 3.8) is 0 Å². The van der Waals surface area contributed by atoms with Crippen molar-refractivity contribution in [3.05, 3.63) is 59.5 Å². The van der Waals surface area contributed by atoms with Crippen LogP contribution in [0.15, 0.2) is 47.1 Å². The second kappa shape index (κ2) is 8.77. The van der Waals surface area contributed by atoms with Crippen LogP contribution in [0.1, 0.15) is 47.9 Å². The second-order valence-electron chi connectivity index (χ2n) is 5.79. The Morgan fingerprint density at radius 3 is 2.38 bits per heavy atom. The number of nitrogens with zero attached hydrogens (tertiary/aromatic N) is 1. The van der Waals surface area contributed by atoms with Gasteiger partial charge in [0.15, 0.2) is 11.5 Å². The highest BCUT2D eigenvalue weighted by Gasteiger charge is 2.36. The van der Waals surface area contributed by atoms with Crippen molar-refractivity contribution in [2.45, 2.75) is 26.2 Å². The van der Waals surface area contributed by atoms with E-state index >= 15 is 0 Å². The molecule has 0 spiro atoms. The summed E-state index contributed by atoms with van der Waals surface area (Å²) in [7, 11) is 0. The first-order valence-electron chi connectivity index (χ1n) is 8.21. The van der Waals surface area contributed by atoms with Gasteiger partial charge in [0.25, 0.3) is 0 Å². The average molecular weight is 353 g/mol. The van der Waals surface area contributed by atoms with Crippen LogP contribution >= 0.6 is 0 Å². The van der Waals surface area contributed by atoms with Crippen molar-refractivity contribution in [2.75, 3.05) is 6.61 Å². The fourth-order valence-electron chi connectivity index (χ4n) is 2.82. The Hall–Kier alpha value is -3.20. The number of nitriles is 1. The Kier molecular flexibility index (Phi) is 6.45. The molecule has 0 amide bonds. The van der Waals surface area contributed by atoms with Crippen molar-refractivity contribution in [1.82, 2.24) is 0 Å². The predicted molar refractivity (Wildman–Crippen MR) is 92.4 cm³/mol. The third kappa shape index (κ3) is 4.45. The maximum Gasteiger partial charge on any atom is 0.317 e. The number of Topliss-reactive ketones (excluding diaryl/α,β-unsaturated/α-hetero) is 2. The first-order valence-corrected chi connectivity index (χ1v) is 8.21. The molecule has 0 aliphatic carbocycles. The van der Waals surface area contributed by atoms with Crippen molar-refractivity contribution >= 4 is 17.5 Å². The van der Waals surface area contributed by atoms with Gasteiger partial charge in [-0.3, -0.25) is 14.4 Å². The van der Waals surface area contributed by atoms with Gasteiger partial charge >= 0.3 is 5.97 Å². The largest absolute Gasteiger partial charge is 0.465 e. The van der Waals surface area contributed by atoms with Gasteiger partial charge < -0.3 is 9.15 Å². The van der Waals surface area contributed by atoms with E-state index in [1.54, 1.807) is 37.3 Å². The number of rotatable bonds is 8. The molecule has 1 aromatic carbocycles. The molecule has 0 fully saturated rings. The van der Waals surface area contributed by atoms with E-state index < -0.39 is 17.8 Å². The fourth-order valence-corrected chi connectivity index (χ4v) is 2.82. The van der Waals surface area contributed by atoms with Gasteiger partial charge in [0, 0.05) is 12.3 Å². The van der Waals surface area contributed by atoms with E-state index in [9.17, 15) is 14.4 Å². The number of ketones is 2. The van der Waals surface area contributed by atoms with Crippen LogP contribution in [-0.4, -0.2) is 24.1 Å². The minimum Gasteiger partial charge on any atom is -0.465 e. The SMILES string of the molecule is CCOC(=O)C(C(C)=O)C(CC(=O)c1ccco1)c1ccc(C#N)cc1. The van der Waals surface area contributed by atoms with Crippen LogP contribution in [0.3, 0.4) is 0 Å². The first-order chi connectivity index (χ1) is 12.5. The second-order valence-corrected chi connectivity index (χ2v) is 5.79. The van der Waals surface area contributed by atoms with Crippen LogP contribution < -0.4 is 0 Å². The van der Waals surface area contributed by atoms with Gasteiger partial charge in [-0.25, -0.2) is 0 Å². The van der Waals surface area contributed by atoms with Crippen LogP contribution in [0, 0.1) is 17.2 Å². The molecular weight excluding hydrogens is 334 g/mol. The number of benzene rings is 1. The number of carbonyl (C=O) groups excluding carboxylic acids is 3. The molecular formula is C20H19NO5. The Bertz CT molecular complexity index is 815. The van der Waals surface area contributed by atoms with Crippen molar-refractivity contribution in [2.24, 2.45) is 5.92 Å². The number of furan rings is 1. The summed E-state index contributed by atoms with van der Waals surface area (Å²) in [4.78, 5) is 37.0. The Morgan fingerprint density at radius 1 is 1.19 bits per heavy atom. The van der Waals surface area contributed by atoms with Gasteiger partial charge in [-0.15, -0.1) is 0 Å². The summed E-state index contributed by atoms with van der Waals surface area (Å²) in [5.41, 5.74) is 1.05. The highest BCUT2D eigenvalue weighted by Crippen LogP contribution is 2.32. The average Bonchev–Trinajstić information content (AvgIpc) is 3.16. The van der Waals surface area contributed by atoms with E-state index in [0.29, 0.717) is 11.1 Å². The van der Waals surface area contributed by atoms with Crippen LogP contribution in [0.5, 0.6) is 0 Å². The molecule has 0 radical (unpaired) electrons. The monoisotopic (exact) mass is 353 g/mol. The zero-order chi connectivity index (χ0) is 19.1. The third-order valence-corrected chi connectivity index (χ3v) is 4.05. The molecule has 6 nitrogen and oxygen atoms in total. The Balaban J connectivity index is 2.41. The minimum absolute atomic E-state index is 0.0948. The normalized spacial score (nSPS) is 12.7. The summed E-state index contributed by atoms with van der Waals surface area (Å²) in [6, 6.07) is 11.6. The van der Waals surface area contributed by atoms with Crippen LogP contribution in [0.2, 0.25) is 0 Å². The molecule has 2 aromatic rings. The summed E-state index contributed by atoms with van der Waals surface area (Å²) >= 11 is 0. The molecule has 0 saturated heterocycles. The van der Waals surface area contributed by atoms with E-state index in [1.165, 1.54) is 19.3 Å². The van der Waals surface area contributed by atoms with Gasteiger partial charge in [-0.1, -0.05) is 12.1 Å². The van der Waals surface area contributed by atoms with Gasteiger partial charge in [-0.05, 0) is 43.7 Å². The zero-order valence-corrected chi connectivity index (χ0v) is 14.6. The van der Waals surface area contributed by atoms with Crippen LogP contribution in [0.25, 0.3) is 0 Å². The van der Waals surface area contributed by atoms with E-state index in [0.717, 1.165) is 0 Å². The molecule has 2 rings (SSSR count). The quantitative estimate of drug-likeness (QED) is 0.410. The lowest BCUT2D eigenvalue weighted by Crippen LogP contribution is -2.32. The molecule has 0 N–H and O–H groups in total. The molecule has 0 aliphatic heterocycles. The molecule has 1 aromatic heterocycles. The van der Waals surface area contributed by atoms with E-state index in [2.05, 4.69) is 0 Å². The van der Waals surface area contributed by atoms with Crippen LogP contribution in [-0.2, 0) is 14.3 Å². The number of hydrogen-bond donors (Lipinski definition) is 0. The fraction of sp³-hybridized carbons (Fsp3) is 0.300. The summed E-state index contributed by atoms with van der Waals surface area (Å²) in [5.74, 6) is -3.03. The summed E-state index contributed by atoms with van der Waals surface area (Å²) in [6.45, 7) is 3.09. The molecule has 26 heavy (non-hydrogen) atoms. The van der Waals surface area contributed by atoms with Crippen molar-refractivity contribution in [3.8, 4) is 6.07 Å². The number of carbonyl (C=O) groups is 3. The van der Waals surface area contributed by atoms with Gasteiger partial charge in [-0.2, -0.15) is 5.26 Å². The molecule has 2 atom stereocenters. The third-order valence-electron chi connectivity index (χ3n) is 4.05. The highest BCUT2D eigenvalue weighted by molar-refractivity contribution is 6.01. The number of esters is 1. The van der Waals surface area contributed by atoms with Crippen LogP contribution in [0.4, 0.5) is 0 Å². The lowest BCUT2D eigenvalue weighted by Gasteiger charge is -2.23. The van der Waals surface area contributed by atoms with Gasteiger partial charge in [0.05, 0.1) is 24.5 Å². The standard InChI is InChI=1S/C20H19NO5/c1-3-25-20(24)19(13(2)22)16(11-17(23)18-5-4-10-26-18)15-8-6-14(12-21)7-9-15/h4-10,16,19H,3,11H2,1-2H3. The molecule has 2 unspecified atom stereocenters. The topological polar surface area (TPSA) is 97.4 Å². The van der Waals surface area contributed by atoms with E-state index in [1.807, 2.05) is 6.07 Å². The van der Waals surface area contributed by atoms with E-state index in [-0.39, 0.29) is 30.4 Å². The minimum atomic E-state index is -1.11. The number of hydrogen-bond acceptors (Lipinski definition) is 6. The lowest BCUT2D eigenvalue weighted by molar-refractivity contribution is -0.152. The summed E-state index contributed by atoms with van der Waals surface area (Å²) < 4.78 is 10.2. The maximum atomic E-state index is 12.5. The Morgan fingerprint density at radius 2 is 1.88 bits per heavy atom. The summed E-state index contributed by atoms with van der Waals surface area (Å²) in [5, 5.41) is 8.95. The molecule has 0 aliphatic rings. The molecule has 134 valence electrons. The zero-order valence-electron chi connectivity index (χ0n) is 14.6. The predicted octanol–water partition coefficient (Wildman–Crippen LogP) is 3.28. The molecule has 0 bridgehead atoms. The lowest BCUT2D eigenvalue weighted by atomic mass is 9.80.